The van der Waals surface area contributed by atoms with Crippen molar-refractivity contribution in [3.8, 4) is 5.75 Å². The van der Waals surface area contributed by atoms with Gasteiger partial charge in [-0.2, -0.15) is 0 Å². The number of rotatable bonds is 4. The molecule has 1 amide bonds. The number of halogens is 1. The zero-order valence-electron chi connectivity index (χ0n) is 8.29. The largest absolute Gasteiger partial charge is 0.491 e. The highest BCUT2D eigenvalue weighted by atomic mass is 35.5. The van der Waals surface area contributed by atoms with Gasteiger partial charge in [0.25, 0.3) is 0 Å². The minimum atomic E-state index is -1.05. The van der Waals surface area contributed by atoms with Crippen molar-refractivity contribution in [2.45, 2.75) is 6.92 Å². The maximum Gasteiger partial charge on any atom is 0.404 e. The summed E-state index contributed by atoms with van der Waals surface area (Å²) in [6, 6.07) is 5.29. The summed E-state index contributed by atoms with van der Waals surface area (Å²) in [5.41, 5.74) is 0.929. The van der Waals surface area contributed by atoms with Crippen molar-refractivity contribution < 1.29 is 14.6 Å². The lowest BCUT2D eigenvalue weighted by Gasteiger charge is -2.08. The predicted molar refractivity (Wildman–Crippen MR) is 57.7 cm³/mol. The van der Waals surface area contributed by atoms with Crippen LogP contribution in [-0.4, -0.2) is 24.4 Å². The Kier molecular flexibility index (Phi) is 4.24. The highest BCUT2D eigenvalue weighted by Gasteiger charge is 2.00. The Morgan fingerprint density at radius 2 is 2.33 bits per heavy atom. The normalized spacial score (nSPS) is 9.73. The Morgan fingerprint density at radius 1 is 1.60 bits per heavy atom. The van der Waals surface area contributed by atoms with Crippen LogP contribution in [0.25, 0.3) is 0 Å². The van der Waals surface area contributed by atoms with E-state index >= 15 is 0 Å². The van der Waals surface area contributed by atoms with Gasteiger partial charge < -0.3 is 15.2 Å². The summed E-state index contributed by atoms with van der Waals surface area (Å²) < 4.78 is 5.36. The molecule has 0 fully saturated rings. The van der Waals surface area contributed by atoms with Crippen molar-refractivity contribution in [1.82, 2.24) is 5.32 Å². The molecular weight excluding hydrogens is 218 g/mol. The third-order valence-corrected chi connectivity index (χ3v) is 2.01. The number of carboxylic acid groups (broad SMARTS) is 1. The fraction of sp³-hybridized carbons (Fsp3) is 0.300. The second kappa shape index (κ2) is 5.46. The molecule has 0 aliphatic heterocycles. The van der Waals surface area contributed by atoms with Gasteiger partial charge in [-0.3, -0.25) is 0 Å². The number of carbonyl (C=O) groups is 1. The summed E-state index contributed by atoms with van der Waals surface area (Å²) in [6.45, 7) is 2.44. The zero-order chi connectivity index (χ0) is 11.3. The van der Waals surface area contributed by atoms with E-state index in [1.165, 1.54) is 0 Å². The van der Waals surface area contributed by atoms with Crippen LogP contribution in [0.2, 0.25) is 5.02 Å². The van der Waals surface area contributed by atoms with Gasteiger partial charge in [-0.1, -0.05) is 11.6 Å². The highest BCUT2D eigenvalue weighted by Crippen LogP contribution is 2.21. The molecular formula is C10H12ClNO3. The molecule has 1 aromatic rings. The highest BCUT2D eigenvalue weighted by molar-refractivity contribution is 6.30. The van der Waals surface area contributed by atoms with E-state index in [1.54, 1.807) is 18.2 Å². The van der Waals surface area contributed by atoms with Gasteiger partial charge in [0, 0.05) is 5.02 Å². The first-order valence-electron chi connectivity index (χ1n) is 4.45. The SMILES string of the molecule is Cc1cc(Cl)ccc1OCCNC(=O)O. The van der Waals surface area contributed by atoms with E-state index in [1.807, 2.05) is 6.92 Å². The minimum Gasteiger partial charge on any atom is -0.491 e. The number of benzene rings is 1. The standard InChI is InChI=1S/C10H12ClNO3/c1-7-6-8(11)2-3-9(7)15-5-4-12-10(13)14/h2-3,6,12H,4-5H2,1H3,(H,13,14). The molecule has 1 aromatic carbocycles. The molecule has 15 heavy (non-hydrogen) atoms. The van der Waals surface area contributed by atoms with Crippen LogP contribution in [0.1, 0.15) is 5.56 Å². The third-order valence-electron chi connectivity index (χ3n) is 1.77. The number of amides is 1. The molecule has 0 saturated heterocycles. The van der Waals surface area contributed by atoms with Crippen LogP contribution < -0.4 is 10.1 Å². The number of nitrogens with one attached hydrogen (secondary N) is 1. The van der Waals surface area contributed by atoms with E-state index in [9.17, 15) is 4.79 Å². The van der Waals surface area contributed by atoms with E-state index in [2.05, 4.69) is 5.32 Å². The second-order valence-electron chi connectivity index (χ2n) is 2.99. The maximum absolute atomic E-state index is 10.1. The molecule has 0 atom stereocenters. The average Bonchev–Trinajstić information content (AvgIpc) is 2.14. The van der Waals surface area contributed by atoms with Crippen LogP contribution in [0.4, 0.5) is 4.79 Å². The van der Waals surface area contributed by atoms with Crippen LogP contribution in [0.15, 0.2) is 18.2 Å². The molecule has 0 radical (unpaired) electrons. The van der Waals surface area contributed by atoms with Crippen LogP contribution in [0.3, 0.4) is 0 Å². The fourth-order valence-electron chi connectivity index (χ4n) is 1.09. The molecule has 0 unspecified atom stereocenters. The summed E-state index contributed by atoms with van der Waals surface area (Å²) in [5, 5.41) is 11.2. The van der Waals surface area contributed by atoms with Crippen molar-refractivity contribution in [2.75, 3.05) is 13.2 Å². The minimum absolute atomic E-state index is 0.261. The van der Waals surface area contributed by atoms with Crippen LogP contribution >= 0.6 is 11.6 Å². The van der Waals surface area contributed by atoms with Gasteiger partial charge >= 0.3 is 6.09 Å². The lowest BCUT2D eigenvalue weighted by atomic mass is 10.2. The number of aryl methyl sites for hydroxylation is 1. The first-order chi connectivity index (χ1) is 7.09. The van der Waals surface area contributed by atoms with Gasteiger partial charge in [-0.25, -0.2) is 4.79 Å². The molecule has 1 rings (SSSR count). The predicted octanol–water partition coefficient (Wildman–Crippen LogP) is 2.29. The molecule has 4 nitrogen and oxygen atoms in total. The third kappa shape index (κ3) is 4.08. The number of hydrogen-bond donors (Lipinski definition) is 2. The molecule has 0 aliphatic rings. The monoisotopic (exact) mass is 229 g/mol. The summed E-state index contributed by atoms with van der Waals surface area (Å²) in [7, 11) is 0. The van der Waals surface area contributed by atoms with Crippen molar-refractivity contribution >= 4 is 17.7 Å². The van der Waals surface area contributed by atoms with Gasteiger partial charge in [0.1, 0.15) is 12.4 Å². The second-order valence-corrected chi connectivity index (χ2v) is 3.43. The van der Waals surface area contributed by atoms with E-state index in [0.29, 0.717) is 17.4 Å². The number of hydrogen-bond acceptors (Lipinski definition) is 2. The molecule has 5 heteroatoms. The van der Waals surface area contributed by atoms with Crippen LogP contribution in [-0.2, 0) is 0 Å². The Balaban J connectivity index is 2.40. The smallest absolute Gasteiger partial charge is 0.404 e. The van der Waals surface area contributed by atoms with Gasteiger partial charge in [0.2, 0.25) is 0 Å². The topological polar surface area (TPSA) is 58.6 Å². The molecule has 0 saturated carbocycles. The van der Waals surface area contributed by atoms with E-state index in [-0.39, 0.29) is 6.54 Å². The van der Waals surface area contributed by atoms with Crippen molar-refractivity contribution in [3.63, 3.8) is 0 Å². The quantitative estimate of drug-likeness (QED) is 0.779. The van der Waals surface area contributed by atoms with Crippen molar-refractivity contribution in [2.24, 2.45) is 0 Å². The Labute approximate surface area is 92.8 Å². The summed E-state index contributed by atoms with van der Waals surface area (Å²) in [6.07, 6.45) is -1.05. The van der Waals surface area contributed by atoms with E-state index < -0.39 is 6.09 Å². The molecule has 0 heterocycles. The molecule has 0 spiro atoms. The summed E-state index contributed by atoms with van der Waals surface area (Å²) in [5.74, 6) is 0.714. The first-order valence-corrected chi connectivity index (χ1v) is 4.83. The summed E-state index contributed by atoms with van der Waals surface area (Å²) >= 11 is 5.77. The first kappa shape index (κ1) is 11.7. The lowest BCUT2D eigenvalue weighted by molar-refractivity contribution is 0.191. The molecule has 2 N–H and O–H groups in total. The van der Waals surface area contributed by atoms with E-state index in [0.717, 1.165) is 5.56 Å². The van der Waals surface area contributed by atoms with Gasteiger partial charge in [0.15, 0.2) is 0 Å². The van der Waals surface area contributed by atoms with Crippen LogP contribution in [0.5, 0.6) is 5.75 Å². The van der Waals surface area contributed by atoms with E-state index in [4.69, 9.17) is 21.4 Å². The molecule has 0 aliphatic carbocycles. The van der Waals surface area contributed by atoms with Gasteiger partial charge in [-0.15, -0.1) is 0 Å². The average molecular weight is 230 g/mol. The van der Waals surface area contributed by atoms with Gasteiger partial charge in [-0.05, 0) is 30.7 Å². The Morgan fingerprint density at radius 3 is 2.93 bits per heavy atom. The Hall–Kier alpha value is -1.42. The van der Waals surface area contributed by atoms with Crippen LogP contribution in [0, 0.1) is 6.92 Å². The number of ether oxygens (including phenoxy) is 1. The lowest BCUT2D eigenvalue weighted by Crippen LogP contribution is -2.26. The Bertz CT molecular complexity index is 355. The van der Waals surface area contributed by atoms with Crippen molar-refractivity contribution in [1.29, 1.82) is 0 Å². The molecule has 0 aromatic heterocycles. The molecule has 82 valence electrons. The maximum atomic E-state index is 10.1. The van der Waals surface area contributed by atoms with Crippen molar-refractivity contribution in [3.05, 3.63) is 28.8 Å². The summed E-state index contributed by atoms with van der Waals surface area (Å²) in [4.78, 5) is 10.1. The fourth-order valence-corrected chi connectivity index (χ4v) is 1.32. The zero-order valence-corrected chi connectivity index (χ0v) is 9.04. The van der Waals surface area contributed by atoms with Gasteiger partial charge in [0.05, 0.1) is 6.54 Å². The molecule has 0 bridgehead atoms.